The Morgan fingerprint density at radius 2 is 1.67 bits per heavy atom. The third-order valence-corrected chi connectivity index (χ3v) is 3.06. The topological polar surface area (TPSA) is 67.2 Å². The maximum atomic E-state index is 13.4. The highest BCUT2D eigenvalue weighted by atomic mass is 32.1. The molecule has 108 valence electrons. The molecule has 0 radical (unpaired) electrons. The molecule has 0 aliphatic carbocycles. The van der Waals surface area contributed by atoms with Crippen LogP contribution in [0, 0.1) is 12.7 Å². The van der Waals surface area contributed by atoms with E-state index in [4.69, 9.17) is 18.0 Å². The third-order valence-electron chi connectivity index (χ3n) is 2.86. The van der Waals surface area contributed by atoms with Gasteiger partial charge >= 0.3 is 0 Å². The van der Waals surface area contributed by atoms with Crippen LogP contribution in [0.3, 0.4) is 0 Å². The molecular weight excluding hydrogens is 289 g/mol. The number of benzene rings is 2. The Bertz CT molecular complexity index is 686. The van der Waals surface area contributed by atoms with Crippen LogP contribution in [-0.4, -0.2) is 11.0 Å². The first-order chi connectivity index (χ1) is 9.95. The Kier molecular flexibility index (Phi) is 4.49. The molecule has 2 aromatic carbocycles. The lowest BCUT2D eigenvalue weighted by Gasteiger charge is -2.11. The van der Waals surface area contributed by atoms with Gasteiger partial charge in [0.1, 0.15) is 5.82 Å². The fourth-order valence-corrected chi connectivity index (χ4v) is 1.92. The molecule has 0 aliphatic heterocycles. The number of anilines is 2. The average Bonchev–Trinajstić information content (AvgIpc) is 2.43. The van der Waals surface area contributed by atoms with Crippen molar-refractivity contribution in [1.82, 2.24) is 0 Å². The number of nitrogens with one attached hydrogen (secondary N) is 2. The third kappa shape index (κ3) is 4.00. The van der Waals surface area contributed by atoms with Crippen LogP contribution in [0.15, 0.2) is 42.5 Å². The molecular formula is C15H14FN3OS. The Labute approximate surface area is 127 Å². The second kappa shape index (κ2) is 6.32. The van der Waals surface area contributed by atoms with E-state index in [1.165, 1.54) is 6.07 Å². The summed E-state index contributed by atoms with van der Waals surface area (Å²) in [6.07, 6.45) is 0. The van der Waals surface area contributed by atoms with Gasteiger partial charge in [0.25, 0.3) is 0 Å². The summed E-state index contributed by atoms with van der Waals surface area (Å²) in [5.41, 5.74) is 7.41. The van der Waals surface area contributed by atoms with Crippen LogP contribution >= 0.6 is 12.2 Å². The van der Waals surface area contributed by atoms with Crippen molar-refractivity contribution in [2.75, 3.05) is 10.6 Å². The first-order valence-electron chi connectivity index (χ1n) is 6.20. The molecule has 0 aliphatic rings. The largest absolute Gasteiger partial charge is 0.366 e. The van der Waals surface area contributed by atoms with Gasteiger partial charge in [-0.3, -0.25) is 4.79 Å². The molecule has 0 atom stereocenters. The first-order valence-corrected chi connectivity index (χ1v) is 6.60. The van der Waals surface area contributed by atoms with Gasteiger partial charge in [-0.15, -0.1) is 0 Å². The van der Waals surface area contributed by atoms with Crippen LogP contribution in [0.4, 0.5) is 15.8 Å². The molecule has 0 saturated carbocycles. The number of rotatable bonds is 3. The maximum absolute atomic E-state index is 13.4. The number of halogens is 1. The number of carbonyl (C=O) groups is 1. The van der Waals surface area contributed by atoms with Gasteiger partial charge in [-0.05, 0) is 61.1 Å². The summed E-state index contributed by atoms with van der Waals surface area (Å²) >= 11 is 5.14. The fourth-order valence-electron chi connectivity index (χ4n) is 1.68. The van der Waals surface area contributed by atoms with Gasteiger partial charge in [-0.25, -0.2) is 4.39 Å². The fraction of sp³-hybridized carbons (Fsp3) is 0.0667. The lowest BCUT2D eigenvalue weighted by atomic mass is 10.2. The number of primary amides is 1. The van der Waals surface area contributed by atoms with Gasteiger partial charge < -0.3 is 16.4 Å². The molecule has 1 amide bonds. The van der Waals surface area contributed by atoms with Crippen LogP contribution in [-0.2, 0) is 0 Å². The Morgan fingerprint density at radius 1 is 1.10 bits per heavy atom. The molecule has 4 nitrogen and oxygen atoms in total. The van der Waals surface area contributed by atoms with Crippen molar-refractivity contribution in [2.24, 2.45) is 5.73 Å². The number of aryl methyl sites for hydroxylation is 1. The molecule has 0 spiro atoms. The number of carbonyl (C=O) groups excluding carboxylic acids is 1. The quantitative estimate of drug-likeness (QED) is 0.762. The van der Waals surface area contributed by atoms with Gasteiger partial charge in [0, 0.05) is 16.9 Å². The van der Waals surface area contributed by atoms with E-state index in [-0.39, 0.29) is 5.82 Å². The van der Waals surface area contributed by atoms with Gasteiger partial charge in [0.2, 0.25) is 5.91 Å². The molecule has 4 N–H and O–H groups in total. The first kappa shape index (κ1) is 14.9. The van der Waals surface area contributed by atoms with E-state index in [9.17, 15) is 9.18 Å². The van der Waals surface area contributed by atoms with Crippen LogP contribution in [0.2, 0.25) is 0 Å². The van der Waals surface area contributed by atoms with Gasteiger partial charge in [0.05, 0.1) is 0 Å². The average molecular weight is 303 g/mol. The predicted molar refractivity (Wildman–Crippen MR) is 85.9 cm³/mol. The lowest BCUT2D eigenvalue weighted by molar-refractivity contribution is 0.100. The zero-order valence-electron chi connectivity index (χ0n) is 11.3. The zero-order chi connectivity index (χ0) is 15.4. The molecule has 6 heteroatoms. The zero-order valence-corrected chi connectivity index (χ0v) is 12.1. The Morgan fingerprint density at radius 3 is 2.24 bits per heavy atom. The molecule has 2 aromatic rings. The molecule has 0 bridgehead atoms. The van der Waals surface area contributed by atoms with Gasteiger partial charge in [-0.2, -0.15) is 0 Å². The van der Waals surface area contributed by atoms with Gasteiger partial charge in [0.15, 0.2) is 5.11 Å². The summed E-state index contributed by atoms with van der Waals surface area (Å²) < 4.78 is 13.4. The second-order valence-corrected chi connectivity index (χ2v) is 4.89. The predicted octanol–water partition coefficient (Wildman–Crippen LogP) is 3.04. The molecule has 0 heterocycles. The molecule has 0 aromatic heterocycles. The molecule has 2 rings (SSSR count). The van der Waals surface area contributed by atoms with Crippen molar-refractivity contribution in [1.29, 1.82) is 0 Å². The minimum Gasteiger partial charge on any atom is -0.366 e. The number of hydrogen-bond acceptors (Lipinski definition) is 2. The maximum Gasteiger partial charge on any atom is 0.248 e. The van der Waals surface area contributed by atoms with Crippen molar-refractivity contribution in [3.63, 3.8) is 0 Å². The molecule has 0 unspecified atom stereocenters. The smallest absolute Gasteiger partial charge is 0.248 e. The van der Waals surface area contributed by atoms with E-state index in [0.717, 1.165) is 0 Å². The minimum absolute atomic E-state index is 0.298. The molecule has 0 fully saturated rings. The highest BCUT2D eigenvalue weighted by molar-refractivity contribution is 7.80. The van der Waals surface area contributed by atoms with E-state index in [1.807, 2.05) is 0 Å². The highest BCUT2D eigenvalue weighted by Gasteiger charge is 2.03. The summed E-state index contributed by atoms with van der Waals surface area (Å²) in [6.45, 7) is 1.69. The van der Waals surface area contributed by atoms with Crippen molar-refractivity contribution in [3.05, 3.63) is 59.4 Å². The number of hydrogen-bond donors (Lipinski definition) is 3. The van der Waals surface area contributed by atoms with Crippen molar-refractivity contribution in [2.45, 2.75) is 6.92 Å². The van der Waals surface area contributed by atoms with Crippen LogP contribution in [0.1, 0.15) is 15.9 Å². The number of thiocarbonyl (C=S) groups is 1. The Balaban J connectivity index is 2.01. The van der Waals surface area contributed by atoms with Crippen molar-refractivity contribution in [3.8, 4) is 0 Å². The molecule has 21 heavy (non-hydrogen) atoms. The Hall–Kier alpha value is -2.47. The van der Waals surface area contributed by atoms with Crippen molar-refractivity contribution >= 4 is 34.6 Å². The summed E-state index contributed by atoms with van der Waals surface area (Å²) in [5, 5.41) is 6.15. The number of amides is 1. The standard InChI is InChI=1S/C15H14FN3OS/c1-9-2-5-12(8-13(9)16)19-15(21)18-11-6-3-10(4-7-11)14(17)20/h2-8H,1H3,(H2,17,20)(H2,18,19,21). The van der Waals surface area contributed by atoms with Crippen molar-refractivity contribution < 1.29 is 9.18 Å². The summed E-state index contributed by atoms with van der Waals surface area (Å²) in [6, 6.07) is 11.3. The van der Waals surface area contributed by atoms with E-state index < -0.39 is 5.91 Å². The van der Waals surface area contributed by atoms with E-state index in [0.29, 0.717) is 27.6 Å². The minimum atomic E-state index is -0.489. The summed E-state index contributed by atoms with van der Waals surface area (Å²) in [7, 11) is 0. The van der Waals surface area contributed by atoms with E-state index in [1.54, 1.807) is 43.3 Å². The summed E-state index contributed by atoms with van der Waals surface area (Å²) in [5.74, 6) is -0.786. The second-order valence-electron chi connectivity index (χ2n) is 4.48. The van der Waals surface area contributed by atoms with E-state index >= 15 is 0 Å². The molecule has 0 saturated heterocycles. The van der Waals surface area contributed by atoms with Crippen LogP contribution in [0.25, 0.3) is 0 Å². The summed E-state index contributed by atoms with van der Waals surface area (Å²) in [4.78, 5) is 11.0. The van der Waals surface area contributed by atoms with Gasteiger partial charge in [-0.1, -0.05) is 6.07 Å². The van der Waals surface area contributed by atoms with Crippen LogP contribution < -0.4 is 16.4 Å². The SMILES string of the molecule is Cc1ccc(NC(=S)Nc2ccc(C(N)=O)cc2)cc1F. The lowest BCUT2D eigenvalue weighted by Crippen LogP contribution is -2.19. The monoisotopic (exact) mass is 303 g/mol. The number of nitrogens with two attached hydrogens (primary N) is 1. The van der Waals surface area contributed by atoms with Crippen LogP contribution in [0.5, 0.6) is 0 Å². The normalized spacial score (nSPS) is 10.0. The van der Waals surface area contributed by atoms with E-state index in [2.05, 4.69) is 10.6 Å². The highest BCUT2D eigenvalue weighted by Crippen LogP contribution is 2.15.